The van der Waals surface area contributed by atoms with Gasteiger partial charge < -0.3 is 10.6 Å². The average Bonchev–Trinajstić information content (AvgIpc) is 3.11. The highest BCUT2D eigenvalue weighted by molar-refractivity contribution is 7.99. The van der Waals surface area contributed by atoms with Crippen molar-refractivity contribution in [2.24, 2.45) is 0 Å². The Kier molecular flexibility index (Phi) is 6.32. The van der Waals surface area contributed by atoms with E-state index in [2.05, 4.69) is 26.2 Å². The zero-order chi connectivity index (χ0) is 18.4. The van der Waals surface area contributed by atoms with Crippen molar-refractivity contribution >= 4 is 46.7 Å². The maximum Gasteiger partial charge on any atom is 0.319 e. The fourth-order valence-electron chi connectivity index (χ4n) is 2.06. The van der Waals surface area contributed by atoms with Crippen LogP contribution >= 0.6 is 35.0 Å². The van der Waals surface area contributed by atoms with Gasteiger partial charge in [0.2, 0.25) is 5.16 Å². The van der Waals surface area contributed by atoms with E-state index in [1.54, 1.807) is 22.9 Å². The summed E-state index contributed by atoms with van der Waals surface area (Å²) in [6.45, 7) is 0.444. The minimum Gasteiger partial charge on any atom is -0.337 e. The average molecular weight is 409 g/mol. The van der Waals surface area contributed by atoms with Crippen LogP contribution in [-0.4, -0.2) is 38.5 Å². The van der Waals surface area contributed by atoms with Gasteiger partial charge in [-0.2, -0.15) is 4.68 Å². The van der Waals surface area contributed by atoms with E-state index in [0.717, 1.165) is 5.69 Å². The lowest BCUT2D eigenvalue weighted by Gasteiger charge is -2.08. The molecule has 7 nitrogen and oxygen atoms in total. The molecule has 0 bridgehead atoms. The first-order chi connectivity index (χ1) is 12.6. The maximum absolute atomic E-state index is 11.9. The summed E-state index contributed by atoms with van der Waals surface area (Å²) < 4.78 is 1.65. The van der Waals surface area contributed by atoms with Crippen molar-refractivity contribution in [1.29, 1.82) is 0 Å². The molecule has 1 heterocycles. The zero-order valence-corrected chi connectivity index (χ0v) is 15.7. The first kappa shape index (κ1) is 18.5. The van der Waals surface area contributed by atoms with Crippen LogP contribution in [0.5, 0.6) is 0 Å². The van der Waals surface area contributed by atoms with E-state index < -0.39 is 0 Å². The lowest BCUT2D eigenvalue weighted by molar-refractivity contribution is 0.252. The molecule has 2 amide bonds. The molecular weight excluding hydrogens is 395 g/mol. The topological polar surface area (TPSA) is 84.7 Å². The van der Waals surface area contributed by atoms with Crippen molar-refractivity contribution in [3.05, 3.63) is 58.6 Å². The Hall–Kier alpha value is -2.29. The molecule has 0 aliphatic carbocycles. The Labute approximate surface area is 164 Å². The highest BCUT2D eigenvalue weighted by Crippen LogP contribution is 2.24. The molecule has 0 spiro atoms. The first-order valence-electron chi connectivity index (χ1n) is 7.60. The van der Waals surface area contributed by atoms with Crippen LogP contribution in [-0.2, 0) is 0 Å². The Balaban J connectivity index is 1.47. The number of anilines is 1. The number of hydrogen-bond acceptors (Lipinski definition) is 5. The number of urea groups is 1. The second-order valence-corrected chi connectivity index (χ2v) is 6.94. The number of carbonyl (C=O) groups is 1. The van der Waals surface area contributed by atoms with Gasteiger partial charge in [0.05, 0.1) is 15.7 Å². The van der Waals surface area contributed by atoms with Crippen molar-refractivity contribution < 1.29 is 4.79 Å². The van der Waals surface area contributed by atoms with E-state index in [1.807, 2.05) is 30.3 Å². The molecule has 26 heavy (non-hydrogen) atoms. The molecule has 0 aliphatic rings. The van der Waals surface area contributed by atoms with E-state index in [4.69, 9.17) is 23.2 Å². The summed E-state index contributed by atoms with van der Waals surface area (Å²) in [7, 11) is 0. The van der Waals surface area contributed by atoms with E-state index in [0.29, 0.717) is 33.2 Å². The number of rotatable bonds is 6. The van der Waals surface area contributed by atoms with Gasteiger partial charge in [-0.05, 0) is 40.8 Å². The molecule has 0 unspecified atom stereocenters. The number of tetrazole rings is 1. The fourth-order valence-corrected chi connectivity index (χ4v) is 3.10. The maximum atomic E-state index is 11.9. The molecule has 0 radical (unpaired) electrons. The molecule has 2 N–H and O–H groups in total. The second-order valence-electron chi connectivity index (χ2n) is 5.07. The number of nitrogens with zero attached hydrogens (tertiary/aromatic N) is 4. The highest BCUT2D eigenvalue weighted by Gasteiger charge is 2.09. The molecule has 0 saturated carbocycles. The zero-order valence-electron chi connectivity index (χ0n) is 13.4. The number of halogens is 2. The first-order valence-corrected chi connectivity index (χ1v) is 9.34. The van der Waals surface area contributed by atoms with Crippen molar-refractivity contribution in [3.63, 3.8) is 0 Å². The van der Waals surface area contributed by atoms with Gasteiger partial charge in [0, 0.05) is 18.0 Å². The van der Waals surface area contributed by atoms with Crippen molar-refractivity contribution in [1.82, 2.24) is 25.5 Å². The Morgan fingerprint density at radius 1 is 1.12 bits per heavy atom. The van der Waals surface area contributed by atoms with Gasteiger partial charge in [-0.1, -0.05) is 53.2 Å². The molecule has 0 atom stereocenters. The predicted octanol–water partition coefficient (Wildman–Crippen LogP) is 3.88. The predicted molar refractivity (Wildman–Crippen MR) is 103 cm³/mol. The van der Waals surface area contributed by atoms with Crippen LogP contribution in [0, 0.1) is 0 Å². The largest absolute Gasteiger partial charge is 0.337 e. The van der Waals surface area contributed by atoms with E-state index in [1.165, 1.54) is 11.8 Å². The summed E-state index contributed by atoms with van der Waals surface area (Å²) >= 11 is 13.2. The molecule has 2 aromatic carbocycles. The van der Waals surface area contributed by atoms with Crippen LogP contribution in [0.3, 0.4) is 0 Å². The van der Waals surface area contributed by atoms with Gasteiger partial charge in [0.1, 0.15) is 0 Å². The third kappa shape index (κ3) is 4.87. The lowest BCUT2D eigenvalue weighted by atomic mass is 10.3. The normalized spacial score (nSPS) is 10.5. The van der Waals surface area contributed by atoms with Crippen LogP contribution in [0.25, 0.3) is 5.69 Å². The monoisotopic (exact) mass is 408 g/mol. The van der Waals surface area contributed by atoms with Gasteiger partial charge >= 0.3 is 6.03 Å². The van der Waals surface area contributed by atoms with E-state index in [-0.39, 0.29) is 6.03 Å². The molecule has 0 fully saturated rings. The highest BCUT2D eigenvalue weighted by atomic mass is 35.5. The van der Waals surface area contributed by atoms with Gasteiger partial charge in [0.25, 0.3) is 0 Å². The molecule has 10 heteroatoms. The minimum absolute atomic E-state index is 0.327. The number of aromatic nitrogens is 4. The van der Waals surface area contributed by atoms with Gasteiger partial charge in [-0.3, -0.25) is 0 Å². The molecule has 1 aromatic heterocycles. The molecular formula is C16H14Cl2N6OS. The molecule has 3 aromatic rings. The third-order valence-electron chi connectivity index (χ3n) is 3.24. The molecule has 3 rings (SSSR count). The van der Waals surface area contributed by atoms with Gasteiger partial charge in [0.15, 0.2) is 0 Å². The number of carbonyl (C=O) groups excluding carboxylic acids is 1. The number of hydrogen-bond donors (Lipinski definition) is 2. The van der Waals surface area contributed by atoms with Crippen LogP contribution in [0.1, 0.15) is 0 Å². The molecule has 134 valence electrons. The van der Waals surface area contributed by atoms with Gasteiger partial charge in [-0.25, -0.2) is 4.79 Å². The van der Waals surface area contributed by atoms with Crippen molar-refractivity contribution in [2.45, 2.75) is 5.16 Å². The van der Waals surface area contributed by atoms with E-state index in [9.17, 15) is 4.79 Å². The summed E-state index contributed by atoms with van der Waals surface area (Å²) in [4.78, 5) is 11.9. The standard InChI is InChI=1S/C16H14Cl2N6OS/c17-13-7-6-11(10-14(13)18)20-15(25)19-8-9-26-16-21-22-23-24(16)12-4-2-1-3-5-12/h1-7,10H,8-9H2,(H2,19,20,25). The van der Waals surface area contributed by atoms with Crippen LogP contribution < -0.4 is 10.6 Å². The number of benzene rings is 2. The number of amides is 2. The molecule has 0 saturated heterocycles. The minimum atomic E-state index is -0.327. The van der Waals surface area contributed by atoms with E-state index >= 15 is 0 Å². The summed E-state index contributed by atoms with van der Waals surface area (Å²) in [6.07, 6.45) is 0. The van der Waals surface area contributed by atoms with Crippen LogP contribution in [0.15, 0.2) is 53.7 Å². The Morgan fingerprint density at radius 2 is 1.92 bits per heavy atom. The number of para-hydroxylation sites is 1. The fraction of sp³-hybridized carbons (Fsp3) is 0.125. The Bertz CT molecular complexity index is 889. The number of nitrogens with one attached hydrogen (secondary N) is 2. The van der Waals surface area contributed by atoms with Crippen molar-refractivity contribution in [2.75, 3.05) is 17.6 Å². The second kappa shape index (κ2) is 8.88. The summed E-state index contributed by atoms with van der Waals surface area (Å²) in [5.41, 5.74) is 1.45. The van der Waals surface area contributed by atoms with Crippen molar-refractivity contribution in [3.8, 4) is 5.69 Å². The lowest BCUT2D eigenvalue weighted by Crippen LogP contribution is -2.30. The van der Waals surface area contributed by atoms with Gasteiger partial charge in [-0.15, -0.1) is 5.10 Å². The number of thioether (sulfide) groups is 1. The smallest absolute Gasteiger partial charge is 0.319 e. The Morgan fingerprint density at radius 3 is 2.69 bits per heavy atom. The summed E-state index contributed by atoms with van der Waals surface area (Å²) in [6, 6.07) is 14.2. The quantitative estimate of drug-likeness (QED) is 0.477. The third-order valence-corrected chi connectivity index (χ3v) is 4.90. The van der Waals surface area contributed by atoms with Crippen LogP contribution in [0.4, 0.5) is 10.5 Å². The summed E-state index contributed by atoms with van der Waals surface area (Å²) in [5.74, 6) is 0.613. The summed E-state index contributed by atoms with van der Waals surface area (Å²) in [5, 5.41) is 18.6. The van der Waals surface area contributed by atoms with Crippen LogP contribution in [0.2, 0.25) is 10.0 Å². The SMILES string of the molecule is O=C(NCCSc1nnnn1-c1ccccc1)Nc1ccc(Cl)c(Cl)c1. The molecule has 0 aliphatic heterocycles.